The van der Waals surface area contributed by atoms with Gasteiger partial charge in [0.25, 0.3) is 0 Å². The van der Waals surface area contributed by atoms with Crippen LogP contribution in [0.5, 0.6) is 0 Å². The van der Waals surface area contributed by atoms with Crippen LogP contribution in [0.25, 0.3) is 0 Å². The highest BCUT2D eigenvalue weighted by atomic mass is 16.2. The first-order valence-corrected chi connectivity index (χ1v) is 4.38. The van der Waals surface area contributed by atoms with Crippen molar-refractivity contribution in [3.63, 3.8) is 0 Å². The molecule has 2 atom stereocenters. The number of carbonyl (C=O) groups is 1. The Hall–Kier alpha value is -1.03. The number of hydrogen-bond donors (Lipinski definition) is 2. The van der Waals surface area contributed by atoms with Crippen LogP contribution in [0.3, 0.4) is 0 Å². The zero-order valence-corrected chi connectivity index (χ0v) is 8.53. The molecule has 4 N–H and O–H groups in total. The maximum Gasteiger partial charge on any atom is 0.314 e. The van der Waals surface area contributed by atoms with Gasteiger partial charge < -0.3 is 16.4 Å². The fourth-order valence-corrected chi connectivity index (χ4v) is 1.06. The average molecular weight is 185 g/mol. The molecule has 0 rings (SSSR count). The highest BCUT2D eigenvalue weighted by Gasteiger charge is 2.13. The molecular formula is C9H19N3O. The molecule has 0 aliphatic heterocycles. The monoisotopic (exact) mass is 185 g/mol. The second-order valence-corrected chi connectivity index (χ2v) is 3.30. The molecule has 0 aromatic heterocycles. The van der Waals surface area contributed by atoms with Crippen molar-refractivity contribution in [1.29, 1.82) is 0 Å². The van der Waals surface area contributed by atoms with Crippen LogP contribution in [0, 0.1) is 5.92 Å². The lowest BCUT2D eigenvalue weighted by atomic mass is 10.0. The van der Waals surface area contributed by atoms with E-state index in [2.05, 4.69) is 0 Å². The SMILES string of the molecule is C/C=C\C(N)C(C)CN(C)C(N)=O. The van der Waals surface area contributed by atoms with Gasteiger partial charge in [0.15, 0.2) is 0 Å². The van der Waals surface area contributed by atoms with Crippen molar-refractivity contribution >= 4 is 6.03 Å². The minimum Gasteiger partial charge on any atom is -0.351 e. The number of allylic oxidation sites excluding steroid dienone is 1. The lowest BCUT2D eigenvalue weighted by molar-refractivity contribution is 0.210. The number of amides is 2. The molecule has 4 nitrogen and oxygen atoms in total. The molecule has 2 unspecified atom stereocenters. The van der Waals surface area contributed by atoms with E-state index >= 15 is 0 Å². The second kappa shape index (κ2) is 5.59. The summed E-state index contributed by atoms with van der Waals surface area (Å²) in [6.07, 6.45) is 3.82. The first-order valence-electron chi connectivity index (χ1n) is 4.38. The predicted molar refractivity (Wildman–Crippen MR) is 54.2 cm³/mol. The Balaban J connectivity index is 3.98. The van der Waals surface area contributed by atoms with E-state index in [0.717, 1.165) is 0 Å². The smallest absolute Gasteiger partial charge is 0.314 e. The summed E-state index contributed by atoms with van der Waals surface area (Å²) in [6, 6.07) is -0.439. The molecule has 0 aliphatic rings. The topological polar surface area (TPSA) is 72.3 Å². The first kappa shape index (κ1) is 12.0. The third-order valence-corrected chi connectivity index (χ3v) is 2.01. The maximum absolute atomic E-state index is 10.7. The van der Waals surface area contributed by atoms with Gasteiger partial charge in [0.1, 0.15) is 0 Å². The summed E-state index contributed by atoms with van der Waals surface area (Å²) in [6.45, 7) is 4.50. The van der Waals surface area contributed by atoms with Crippen molar-refractivity contribution in [2.24, 2.45) is 17.4 Å². The van der Waals surface area contributed by atoms with Crippen LogP contribution in [0.1, 0.15) is 13.8 Å². The van der Waals surface area contributed by atoms with Crippen LogP contribution >= 0.6 is 0 Å². The highest BCUT2D eigenvalue weighted by Crippen LogP contribution is 2.03. The van der Waals surface area contributed by atoms with Crippen LogP contribution in [-0.4, -0.2) is 30.6 Å². The normalized spacial score (nSPS) is 15.7. The summed E-state index contributed by atoms with van der Waals surface area (Å²) in [7, 11) is 1.67. The van der Waals surface area contributed by atoms with Crippen LogP contribution < -0.4 is 11.5 Å². The molecule has 4 heteroatoms. The van der Waals surface area contributed by atoms with E-state index < -0.39 is 6.03 Å². The highest BCUT2D eigenvalue weighted by molar-refractivity contribution is 5.71. The van der Waals surface area contributed by atoms with Crippen LogP contribution in [0.15, 0.2) is 12.2 Å². The first-order chi connectivity index (χ1) is 5.99. The molecule has 0 heterocycles. The largest absolute Gasteiger partial charge is 0.351 e. The molecule has 76 valence electrons. The van der Waals surface area contributed by atoms with E-state index in [4.69, 9.17) is 11.5 Å². The van der Waals surface area contributed by atoms with Crippen molar-refractivity contribution in [3.05, 3.63) is 12.2 Å². The summed E-state index contributed by atoms with van der Waals surface area (Å²) < 4.78 is 0. The zero-order valence-electron chi connectivity index (χ0n) is 8.53. The van der Waals surface area contributed by atoms with E-state index in [0.29, 0.717) is 6.54 Å². The summed E-state index contributed by atoms with van der Waals surface area (Å²) in [5.41, 5.74) is 10.9. The second-order valence-electron chi connectivity index (χ2n) is 3.30. The van der Waals surface area contributed by atoms with Crippen LogP contribution in [0.2, 0.25) is 0 Å². The van der Waals surface area contributed by atoms with Gasteiger partial charge in [-0.1, -0.05) is 19.1 Å². The molecule has 2 amide bonds. The Morgan fingerprint density at radius 1 is 1.62 bits per heavy atom. The van der Waals surface area contributed by atoms with Crippen LogP contribution in [0.4, 0.5) is 4.79 Å². The molecule has 0 spiro atoms. The summed E-state index contributed by atoms with van der Waals surface area (Å²) in [4.78, 5) is 12.2. The Kier molecular flexibility index (Phi) is 5.14. The predicted octanol–water partition coefficient (Wildman–Crippen LogP) is 0.536. The van der Waals surface area contributed by atoms with Gasteiger partial charge in [-0.25, -0.2) is 4.79 Å². The molecule has 0 saturated carbocycles. The molecule has 0 bridgehead atoms. The third-order valence-electron chi connectivity index (χ3n) is 2.01. The Morgan fingerprint density at radius 2 is 2.15 bits per heavy atom. The van der Waals surface area contributed by atoms with E-state index in [9.17, 15) is 4.79 Å². The lowest BCUT2D eigenvalue weighted by Crippen LogP contribution is -2.40. The Labute approximate surface area is 79.6 Å². The van der Waals surface area contributed by atoms with E-state index in [1.165, 1.54) is 4.90 Å². The average Bonchev–Trinajstić information content (AvgIpc) is 2.04. The molecule has 0 radical (unpaired) electrons. The molecule has 0 aromatic carbocycles. The van der Waals surface area contributed by atoms with E-state index in [-0.39, 0.29) is 12.0 Å². The van der Waals surface area contributed by atoms with Crippen molar-refractivity contribution in [2.45, 2.75) is 19.9 Å². The summed E-state index contributed by atoms with van der Waals surface area (Å²) in [5.74, 6) is 0.216. The number of nitrogens with zero attached hydrogens (tertiary/aromatic N) is 1. The van der Waals surface area contributed by atoms with Crippen molar-refractivity contribution in [2.75, 3.05) is 13.6 Å². The van der Waals surface area contributed by atoms with Gasteiger partial charge in [-0.15, -0.1) is 0 Å². The van der Waals surface area contributed by atoms with Gasteiger partial charge in [-0.05, 0) is 12.8 Å². The van der Waals surface area contributed by atoms with Gasteiger partial charge in [-0.2, -0.15) is 0 Å². The minimum atomic E-state index is -0.417. The van der Waals surface area contributed by atoms with Gasteiger partial charge in [0, 0.05) is 19.6 Å². The molecule has 0 aromatic rings. The lowest BCUT2D eigenvalue weighted by Gasteiger charge is -2.22. The third kappa shape index (κ3) is 4.52. The quantitative estimate of drug-likeness (QED) is 0.627. The maximum atomic E-state index is 10.7. The van der Waals surface area contributed by atoms with Crippen LogP contribution in [-0.2, 0) is 0 Å². The number of primary amides is 1. The molecule has 0 aliphatic carbocycles. The number of hydrogen-bond acceptors (Lipinski definition) is 2. The molecule has 0 saturated heterocycles. The number of nitrogens with two attached hydrogens (primary N) is 2. The van der Waals surface area contributed by atoms with Crippen molar-refractivity contribution in [3.8, 4) is 0 Å². The molecular weight excluding hydrogens is 166 g/mol. The van der Waals surface area contributed by atoms with E-state index in [1.807, 2.05) is 26.0 Å². The summed E-state index contributed by atoms with van der Waals surface area (Å²) >= 11 is 0. The van der Waals surface area contributed by atoms with Gasteiger partial charge >= 0.3 is 6.03 Å². The van der Waals surface area contributed by atoms with Crippen molar-refractivity contribution in [1.82, 2.24) is 4.90 Å². The van der Waals surface area contributed by atoms with Gasteiger partial charge in [-0.3, -0.25) is 0 Å². The van der Waals surface area contributed by atoms with Gasteiger partial charge in [0.2, 0.25) is 0 Å². The molecule has 0 fully saturated rings. The Bertz CT molecular complexity index is 191. The summed E-state index contributed by atoms with van der Waals surface area (Å²) in [5, 5.41) is 0. The minimum absolute atomic E-state index is 0.0215. The fourth-order valence-electron chi connectivity index (χ4n) is 1.06. The fraction of sp³-hybridized carbons (Fsp3) is 0.667. The zero-order chi connectivity index (χ0) is 10.4. The standard InChI is InChI=1S/C9H19N3O/c1-4-5-8(10)7(2)6-12(3)9(11)13/h4-5,7-8H,6,10H2,1-3H3,(H2,11,13)/b5-4-. The van der Waals surface area contributed by atoms with E-state index in [1.54, 1.807) is 7.05 Å². The van der Waals surface area contributed by atoms with Crippen molar-refractivity contribution < 1.29 is 4.79 Å². The van der Waals surface area contributed by atoms with Gasteiger partial charge in [0.05, 0.1) is 0 Å². The Morgan fingerprint density at radius 3 is 2.54 bits per heavy atom. The molecule has 13 heavy (non-hydrogen) atoms. The number of carbonyl (C=O) groups excluding carboxylic acids is 1. The number of urea groups is 1. The number of rotatable bonds is 4.